The average Bonchev–Trinajstić information content (AvgIpc) is 2.75. The smallest absolute Gasteiger partial charge is 0.323 e. The summed E-state index contributed by atoms with van der Waals surface area (Å²) in [6.45, 7) is 6.28. The second kappa shape index (κ2) is 5.44. The summed E-state index contributed by atoms with van der Waals surface area (Å²) in [5, 5.41) is 9.15. The Kier molecular flexibility index (Phi) is 4.04. The fraction of sp³-hybridized carbons (Fsp3) is 0.562. The maximum Gasteiger partial charge on any atom is 0.323 e. The summed E-state index contributed by atoms with van der Waals surface area (Å²) in [6, 6.07) is 6.20. The summed E-state index contributed by atoms with van der Waals surface area (Å²) in [5.41, 5.74) is 7.04. The Morgan fingerprint density at radius 3 is 2.75 bits per heavy atom. The topological polar surface area (TPSA) is 72.5 Å². The fourth-order valence-electron chi connectivity index (χ4n) is 2.61. The van der Waals surface area contributed by atoms with Crippen molar-refractivity contribution in [3.05, 3.63) is 29.3 Å². The van der Waals surface area contributed by atoms with E-state index in [0.717, 1.165) is 11.3 Å². The van der Waals surface area contributed by atoms with Crippen molar-refractivity contribution in [2.24, 2.45) is 5.73 Å². The predicted octanol–water partition coefficient (Wildman–Crippen LogP) is 2.83. The molecule has 2 atom stereocenters. The van der Waals surface area contributed by atoms with E-state index in [1.54, 1.807) is 0 Å². The van der Waals surface area contributed by atoms with Gasteiger partial charge in [0.05, 0.1) is 0 Å². The lowest BCUT2D eigenvalue weighted by Crippen LogP contribution is -2.46. The van der Waals surface area contributed by atoms with Gasteiger partial charge in [-0.15, -0.1) is 0 Å². The van der Waals surface area contributed by atoms with Crippen LogP contribution in [0.2, 0.25) is 0 Å². The molecule has 1 aromatic rings. The van der Waals surface area contributed by atoms with Gasteiger partial charge in [0.1, 0.15) is 17.4 Å². The molecular weight excluding hydrogens is 254 g/mol. The van der Waals surface area contributed by atoms with Crippen LogP contribution in [0.3, 0.4) is 0 Å². The highest BCUT2D eigenvalue weighted by atomic mass is 16.5. The van der Waals surface area contributed by atoms with Crippen LogP contribution >= 0.6 is 0 Å². The molecule has 110 valence electrons. The number of benzene rings is 1. The summed E-state index contributed by atoms with van der Waals surface area (Å²) in [6.07, 6.45) is 1.41. The minimum absolute atomic E-state index is 0.114. The molecule has 2 unspecified atom stereocenters. The maximum atomic E-state index is 11.2. The molecular formula is C16H23NO3. The van der Waals surface area contributed by atoms with E-state index < -0.39 is 11.5 Å². The summed E-state index contributed by atoms with van der Waals surface area (Å²) in [4.78, 5) is 11.2. The largest absolute Gasteiger partial charge is 0.490 e. The van der Waals surface area contributed by atoms with Gasteiger partial charge in [-0.3, -0.25) is 4.79 Å². The van der Waals surface area contributed by atoms with Gasteiger partial charge in [-0.1, -0.05) is 26.0 Å². The number of rotatable bonds is 4. The van der Waals surface area contributed by atoms with Gasteiger partial charge in [0, 0.05) is 6.42 Å². The molecule has 0 radical (unpaired) electrons. The molecule has 4 heteroatoms. The van der Waals surface area contributed by atoms with E-state index in [-0.39, 0.29) is 6.10 Å². The molecule has 4 nitrogen and oxygen atoms in total. The van der Waals surface area contributed by atoms with Crippen LogP contribution in [0.5, 0.6) is 5.75 Å². The highest BCUT2D eigenvalue weighted by molar-refractivity contribution is 5.79. The maximum absolute atomic E-state index is 11.2. The van der Waals surface area contributed by atoms with E-state index in [0.29, 0.717) is 25.2 Å². The Hall–Kier alpha value is -1.55. The van der Waals surface area contributed by atoms with Crippen LogP contribution in [0.25, 0.3) is 0 Å². The van der Waals surface area contributed by atoms with E-state index in [1.165, 1.54) is 5.56 Å². The molecule has 0 spiro atoms. The molecule has 0 aliphatic heterocycles. The molecule has 3 N–H and O–H groups in total. The monoisotopic (exact) mass is 277 g/mol. The zero-order valence-electron chi connectivity index (χ0n) is 12.3. The summed E-state index contributed by atoms with van der Waals surface area (Å²) >= 11 is 0. The molecule has 0 amide bonds. The first-order valence-electron chi connectivity index (χ1n) is 7.11. The van der Waals surface area contributed by atoms with Crippen molar-refractivity contribution in [1.29, 1.82) is 0 Å². The summed E-state index contributed by atoms with van der Waals surface area (Å²) in [7, 11) is 0. The average molecular weight is 277 g/mol. The molecule has 0 aromatic heterocycles. The van der Waals surface area contributed by atoms with Crippen molar-refractivity contribution in [1.82, 2.24) is 0 Å². The van der Waals surface area contributed by atoms with E-state index in [2.05, 4.69) is 26.0 Å². The van der Waals surface area contributed by atoms with Crippen molar-refractivity contribution in [3.63, 3.8) is 0 Å². The Bertz CT molecular complexity index is 512. The Labute approximate surface area is 119 Å². The number of aliphatic carboxylic acids is 1. The normalized spacial score (nSPS) is 25.9. The summed E-state index contributed by atoms with van der Waals surface area (Å²) < 4.78 is 6.00. The van der Waals surface area contributed by atoms with Crippen molar-refractivity contribution in [2.75, 3.05) is 0 Å². The van der Waals surface area contributed by atoms with Crippen molar-refractivity contribution >= 4 is 5.97 Å². The van der Waals surface area contributed by atoms with Crippen molar-refractivity contribution in [3.8, 4) is 5.75 Å². The minimum Gasteiger partial charge on any atom is -0.490 e. The van der Waals surface area contributed by atoms with Crippen LogP contribution in [0, 0.1) is 6.92 Å². The molecule has 0 saturated heterocycles. The van der Waals surface area contributed by atoms with Gasteiger partial charge in [0.15, 0.2) is 0 Å². The lowest BCUT2D eigenvalue weighted by molar-refractivity contribution is -0.143. The van der Waals surface area contributed by atoms with Gasteiger partial charge in [-0.2, -0.15) is 0 Å². The Morgan fingerprint density at radius 2 is 2.20 bits per heavy atom. The number of hydrogen-bond acceptors (Lipinski definition) is 3. The lowest BCUT2D eigenvalue weighted by Gasteiger charge is -2.20. The third kappa shape index (κ3) is 2.96. The molecule has 0 bridgehead atoms. The van der Waals surface area contributed by atoms with Crippen molar-refractivity contribution < 1.29 is 14.6 Å². The number of hydrogen-bond donors (Lipinski definition) is 2. The van der Waals surface area contributed by atoms with E-state index >= 15 is 0 Å². The first kappa shape index (κ1) is 14.9. The standard InChI is InChI=1S/C16H23NO3/c1-10(2)12-5-4-11(3)14(8-12)20-13-6-7-16(17,9-13)15(18)19/h4-5,8,10,13H,6-7,9,17H2,1-3H3,(H,18,19). The fourth-order valence-corrected chi connectivity index (χ4v) is 2.61. The van der Waals surface area contributed by atoms with Crippen LogP contribution in [0.1, 0.15) is 50.2 Å². The van der Waals surface area contributed by atoms with Crippen LogP contribution in [-0.4, -0.2) is 22.7 Å². The number of ether oxygens (including phenoxy) is 1. The SMILES string of the molecule is Cc1ccc(C(C)C)cc1OC1CCC(N)(C(=O)O)C1. The molecule has 1 aromatic carbocycles. The zero-order valence-corrected chi connectivity index (χ0v) is 12.3. The van der Waals surface area contributed by atoms with E-state index in [4.69, 9.17) is 15.6 Å². The second-order valence-corrected chi connectivity index (χ2v) is 6.12. The summed E-state index contributed by atoms with van der Waals surface area (Å²) in [5.74, 6) is 0.348. The third-order valence-electron chi connectivity index (χ3n) is 4.10. The zero-order chi connectivity index (χ0) is 14.9. The molecule has 1 aliphatic carbocycles. The van der Waals surface area contributed by atoms with Crippen LogP contribution in [0.4, 0.5) is 0 Å². The highest BCUT2D eigenvalue weighted by Crippen LogP contribution is 2.33. The lowest BCUT2D eigenvalue weighted by atomic mass is 9.99. The van der Waals surface area contributed by atoms with E-state index in [9.17, 15) is 4.79 Å². The van der Waals surface area contributed by atoms with Gasteiger partial charge in [0.2, 0.25) is 0 Å². The molecule has 0 heterocycles. The van der Waals surface area contributed by atoms with Crippen molar-refractivity contribution in [2.45, 2.75) is 57.6 Å². The predicted molar refractivity (Wildman–Crippen MR) is 78.1 cm³/mol. The Balaban J connectivity index is 2.12. The quantitative estimate of drug-likeness (QED) is 0.887. The number of carboxylic acids is 1. The number of nitrogens with two attached hydrogens (primary N) is 1. The third-order valence-corrected chi connectivity index (χ3v) is 4.10. The highest BCUT2D eigenvalue weighted by Gasteiger charge is 2.43. The van der Waals surface area contributed by atoms with Crippen LogP contribution in [-0.2, 0) is 4.79 Å². The number of aryl methyl sites for hydroxylation is 1. The Morgan fingerprint density at radius 1 is 1.50 bits per heavy atom. The van der Waals surface area contributed by atoms with Gasteiger partial charge >= 0.3 is 5.97 Å². The van der Waals surface area contributed by atoms with Crippen LogP contribution in [0.15, 0.2) is 18.2 Å². The second-order valence-electron chi connectivity index (χ2n) is 6.12. The molecule has 1 fully saturated rings. The molecule has 1 saturated carbocycles. The van der Waals surface area contributed by atoms with E-state index in [1.807, 2.05) is 13.0 Å². The first-order valence-corrected chi connectivity index (χ1v) is 7.11. The molecule has 1 aliphatic rings. The van der Waals surface area contributed by atoms with Gasteiger partial charge in [-0.25, -0.2) is 0 Å². The van der Waals surface area contributed by atoms with Gasteiger partial charge < -0.3 is 15.6 Å². The van der Waals surface area contributed by atoms with Gasteiger partial charge in [-0.05, 0) is 42.9 Å². The molecule has 20 heavy (non-hydrogen) atoms. The number of carbonyl (C=O) groups is 1. The van der Waals surface area contributed by atoms with Gasteiger partial charge in [0.25, 0.3) is 0 Å². The number of carboxylic acid groups (broad SMARTS) is 1. The van der Waals surface area contributed by atoms with Crippen LogP contribution < -0.4 is 10.5 Å². The molecule has 2 rings (SSSR count). The first-order chi connectivity index (χ1) is 9.32. The minimum atomic E-state index is -1.13.